The highest BCUT2D eigenvalue weighted by Gasteiger charge is 2.10. The molecule has 2 aromatic carbocycles. The average molecular weight is 385 g/mol. The Labute approximate surface area is 161 Å². The number of benzene rings is 2. The fourth-order valence-electron chi connectivity index (χ4n) is 2.59. The SMILES string of the molecule is Cc1cc(C)c(Nc2cnc(C(=O)NCc3ccc(F)cc3)cn2)c(Cl)c1. The molecule has 0 radical (unpaired) electrons. The van der Waals surface area contributed by atoms with E-state index in [0.29, 0.717) is 10.8 Å². The maximum atomic E-state index is 12.9. The van der Waals surface area contributed by atoms with Gasteiger partial charge in [-0.3, -0.25) is 4.79 Å². The summed E-state index contributed by atoms with van der Waals surface area (Å²) in [5.41, 5.74) is 3.80. The molecule has 138 valence electrons. The summed E-state index contributed by atoms with van der Waals surface area (Å²) in [6.45, 7) is 4.20. The van der Waals surface area contributed by atoms with Crippen molar-refractivity contribution in [3.8, 4) is 0 Å². The molecule has 27 heavy (non-hydrogen) atoms. The Morgan fingerprint density at radius 3 is 2.48 bits per heavy atom. The highest BCUT2D eigenvalue weighted by Crippen LogP contribution is 2.29. The van der Waals surface area contributed by atoms with Crippen molar-refractivity contribution in [1.29, 1.82) is 0 Å². The molecule has 0 saturated carbocycles. The van der Waals surface area contributed by atoms with E-state index in [0.717, 1.165) is 22.4 Å². The first kappa shape index (κ1) is 18.8. The van der Waals surface area contributed by atoms with Crippen molar-refractivity contribution in [2.45, 2.75) is 20.4 Å². The van der Waals surface area contributed by atoms with Crippen LogP contribution in [-0.2, 0) is 6.54 Å². The quantitative estimate of drug-likeness (QED) is 0.676. The van der Waals surface area contributed by atoms with Crippen LogP contribution in [-0.4, -0.2) is 15.9 Å². The second-order valence-electron chi connectivity index (χ2n) is 6.16. The molecule has 3 rings (SSSR count). The van der Waals surface area contributed by atoms with E-state index in [1.54, 1.807) is 12.1 Å². The normalized spacial score (nSPS) is 10.5. The maximum absolute atomic E-state index is 12.9. The molecular formula is C20H18ClFN4O. The van der Waals surface area contributed by atoms with Crippen LogP contribution >= 0.6 is 11.6 Å². The van der Waals surface area contributed by atoms with Crippen molar-refractivity contribution in [2.24, 2.45) is 0 Å². The number of hydrogen-bond acceptors (Lipinski definition) is 4. The highest BCUT2D eigenvalue weighted by atomic mass is 35.5. The Kier molecular flexibility index (Phi) is 5.66. The number of carbonyl (C=O) groups excluding carboxylic acids is 1. The van der Waals surface area contributed by atoms with Crippen LogP contribution in [0.4, 0.5) is 15.9 Å². The number of nitrogens with one attached hydrogen (secondary N) is 2. The van der Waals surface area contributed by atoms with Crippen LogP contribution in [0.2, 0.25) is 5.02 Å². The van der Waals surface area contributed by atoms with Crippen molar-refractivity contribution >= 4 is 29.0 Å². The van der Waals surface area contributed by atoms with E-state index in [-0.39, 0.29) is 24.0 Å². The molecule has 3 aromatic rings. The Balaban J connectivity index is 1.64. The molecule has 0 fully saturated rings. The van der Waals surface area contributed by atoms with E-state index in [1.807, 2.05) is 26.0 Å². The smallest absolute Gasteiger partial charge is 0.271 e. The number of amides is 1. The Bertz CT molecular complexity index is 936. The summed E-state index contributed by atoms with van der Waals surface area (Å²) in [4.78, 5) is 20.5. The second-order valence-corrected chi connectivity index (χ2v) is 6.57. The predicted octanol–water partition coefficient (Wildman–Crippen LogP) is 4.56. The average Bonchev–Trinajstić information content (AvgIpc) is 2.64. The zero-order valence-corrected chi connectivity index (χ0v) is 15.6. The number of anilines is 2. The van der Waals surface area contributed by atoms with Gasteiger partial charge in [0.15, 0.2) is 0 Å². The van der Waals surface area contributed by atoms with Crippen LogP contribution in [0.15, 0.2) is 48.8 Å². The van der Waals surface area contributed by atoms with Gasteiger partial charge in [0.25, 0.3) is 5.91 Å². The fraction of sp³-hybridized carbons (Fsp3) is 0.150. The highest BCUT2D eigenvalue weighted by molar-refractivity contribution is 6.33. The van der Waals surface area contributed by atoms with Gasteiger partial charge in [0, 0.05) is 6.54 Å². The van der Waals surface area contributed by atoms with Crippen LogP contribution in [0.25, 0.3) is 0 Å². The molecule has 5 nitrogen and oxygen atoms in total. The van der Waals surface area contributed by atoms with Gasteiger partial charge in [0.2, 0.25) is 0 Å². The zero-order chi connectivity index (χ0) is 19.4. The van der Waals surface area contributed by atoms with E-state index >= 15 is 0 Å². The monoisotopic (exact) mass is 384 g/mol. The third-order valence-corrected chi connectivity index (χ3v) is 4.23. The third kappa shape index (κ3) is 4.80. The van der Waals surface area contributed by atoms with Gasteiger partial charge < -0.3 is 10.6 Å². The second kappa shape index (κ2) is 8.14. The lowest BCUT2D eigenvalue weighted by Crippen LogP contribution is -2.24. The van der Waals surface area contributed by atoms with E-state index in [2.05, 4.69) is 20.6 Å². The summed E-state index contributed by atoms with van der Waals surface area (Å²) in [5, 5.41) is 6.44. The van der Waals surface area contributed by atoms with Gasteiger partial charge in [-0.25, -0.2) is 14.4 Å². The first-order valence-electron chi connectivity index (χ1n) is 8.31. The molecule has 0 aliphatic carbocycles. The van der Waals surface area contributed by atoms with Crippen LogP contribution < -0.4 is 10.6 Å². The number of aromatic nitrogens is 2. The molecule has 1 aromatic heterocycles. The molecule has 0 atom stereocenters. The number of carbonyl (C=O) groups is 1. The van der Waals surface area contributed by atoms with Crippen molar-refractivity contribution in [3.05, 3.63) is 82.0 Å². The Morgan fingerprint density at radius 1 is 1.11 bits per heavy atom. The first-order valence-corrected chi connectivity index (χ1v) is 8.68. The van der Waals surface area contributed by atoms with Gasteiger partial charge in [-0.15, -0.1) is 0 Å². The van der Waals surface area contributed by atoms with Crippen molar-refractivity contribution < 1.29 is 9.18 Å². The first-order chi connectivity index (χ1) is 12.9. The minimum absolute atomic E-state index is 0.189. The minimum Gasteiger partial charge on any atom is -0.347 e. The zero-order valence-electron chi connectivity index (χ0n) is 14.9. The summed E-state index contributed by atoms with van der Waals surface area (Å²) in [6, 6.07) is 9.80. The van der Waals surface area contributed by atoms with Gasteiger partial charge in [-0.05, 0) is 48.7 Å². The molecule has 0 spiro atoms. The molecule has 1 amide bonds. The van der Waals surface area contributed by atoms with Gasteiger partial charge >= 0.3 is 0 Å². The molecule has 0 saturated heterocycles. The van der Waals surface area contributed by atoms with Crippen molar-refractivity contribution in [1.82, 2.24) is 15.3 Å². The van der Waals surface area contributed by atoms with Crippen LogP contribution in [0.5, 0.6) is 0 Å². The Morgan fingerprint density at radius 2 is 1.85 bits per heavy atom. The number of aryl methyl sites for hydroxylation is 2. The van der Waals surface area contributed by atoms with E-state index < -0.39 is 0 Å². The fourth-order valence-corrected chi connectivity index (χ4v) is 2.96. The number of hydrogen-bond donors (Lipinski definition) is 2. The molecule has 0 bridgehead atoms. The van der Waals surface area contributed by atoms with Gasteiger partial charge in [0.1, 0.15) is 17.3 Å². The number of nitrogens with zero attached hydrogens (tertiary/aromatic N) is 2. The van der Waals surface area contributed by atoms with Crippen LogP contribution in [0, 0.1) is 19.7 Å². The van der Waals surface area contributed by atoms with E-state index in [9.17, 15) is 9.18 Å². The molecule has 0 aliphatic rings. The lowest BCUT2D eigenvalue weighted by molar-refractivity contribution is 0.0945. The standard InChI is InChI=1S/C20H18ClFN4O/c1-12-7-13(2)19(16(21)8-12)26-18-11-23-17(10-24-18)20(27)25-9-14-3-5-15(22)6-4-14/h3-8,10-11H,9H2,1-2H3,(H,24,26)(H,25,27). The summed E-state index contributed by atoms with van der Waals surface area (Å²) < 4.78 is 12.9. The number of rotatable bonds is 5. The van der Waals surface area contributed by atoms with Gasteiger partial charge in [-0.1, -0.05) is 29.8 Å². The Hall–Kier alpha value is -2.99. The minimum atomic E-state index is -0.358. The van der Waals surface area contributed by atoms with Gasteiger partial charge in [-0.2, -0.15) is 0 Å². The molecular weight excluding hydrogens is 367 g/mol. The lowest BCUT2D eigenvalue weighted by atomic mass is 10.1. The summed E-state index contributed by atoms with van der Waals surface area (Å²) in [6.07, 6.45) is 2.86. The molecule has 7 heteroatoms. The van der Waals surface area contributed by atoms with E-state index in [1.165, 1.54) is 24.5 Å². The molecule has 1 heterocycles. The van der Waals surface area contributed by atoms with Gasteiger partial charge in [0.05, 0.1) is 23.1 Å². The van der Waals surface area contributed by atoms with Crippen LogP contribution in [0.1, 0.15) is 27.2 Å². The molecule has 0 aliphatic heterocycles. The van der Waals surface area contributed by atoms with Crippen molar-refractivity contribution in [3.63, 3.8) is 0 Å². The summed E-state index contributed by atoms with van der Waals surface area (Å²) >= 11 is 6.28. The largest absolute Gasteiger partial charge is 0.347 e. The number of halogens is 2. The predicted molar refractivity (Wildman–Crippen MR) is 104 cm³/mol. The summed E-state index contributed by atoms with van der Waals surface area (Å²) in [7, 11) is 0. The topological polar surface area (TPSA) is 66.9 Å². The van der Waals surface area contributed by atoms with E-state index in [4.69, 9.17) is 11.6 Å². The van der Waals surface area contributed by atoms with Crippen LogP contribution in [0.3, 0.4) is 0 Å². The molecule has 2 N–H and O–H groups in total. The lowest BCUT2D eigenvalue weighted by Gasteiger charge is -2.12. The van der Waals surface area contributed by atoms with Crippen molar-refractivity contribution in [2.75, 3.05) is 5.32 Å². The summed E-state index contributed by atoms with van der Waals surface area (Å²) in [5.74, 6) is -0.190. The maximum Gasteiger partial charge on any atom is 0.271 e. The third-order valence-electron chi connectivity index (χ3n) is 3.94. The molecule has 0 unspecified atom stereocenters.